The number of hydrogen-bond acceptors (Lipinski definition) is 8. The fourth-order valence-electron chi connectivity index (χ4n) is 4.71. The van der Waals surface area contributed by atoms with E-state index >= 15 is 0 Å². The van der Waals surface area contributed by atoms with Gasteiger partial charge in [0.2, 0.25) is 5.95 Å². The molecule has 1 saturated heterocycles. The maximum atomic E-state index is 12.6. The molecule has 6 rings (SSSR count). The molecule has 0 bridgehead atoms. The number of nitrogens with zero attached hydrogens (tertiary/aromatic N) is 4. The Morgan fingerprint density at radius 3 is 2.67 bits per heavy atom. The molecular weight excluding hydrogens is 510 g/mol. The summed E-state index contributed by atoms with van der Waals surface area (Å²) in [6, 6.07) is 16.4. The number of carbonyl (C=O) groups is 1. The number of thiophene rings is 1. The van der Waals surface area contributed by atoms with Crippen molar-refractivity contribution in [2.45, 2.75) is 32.9 Å². The summed E-state index contributed by atoms with van der Waals surface area (Å²) in [6.45, 7) is 10.1. The van der Waals surface area contributed by atoms with E-state index in [0.717, 1.165) is 70.8 Å². The van der Waals surface area contributed by atoms with E-state index in [4.69, 9.17) is 14.5 Å². The van der Waals surface area contributed by atoms with Crippen LogP contribution in [0.4, 0.5) is 16.4 Å². The zero-order chi connectivity index (χ0) is 27.0. The van der Waals surface area contributed by atoms with Gasteiger partial charge in [0.25, 0.3) is 0 Å². The molecule has 5 aromatic rings. The van der Waals surface area contributed by atoms with E-state index in [9.17, 15) is 4.79 Å². The van der Waals surface area contributed by atoms with E-state index in [0.29, 0.717) is 5.95 Å². The maximum absolute atomic E-state index is 12.6. The SMILES string of the molecule is CC(C)(C)OC(=O)n1ccc2cc(-c3csc4cnc(Nc5ccc(CN6CCOCC6)cc5)nc34)ccc21. The first-order valence-corrected chi connectivity index (χ1v) is 14.0. The molecule has 8 nitrogen and oxygen atoms in total. The van der Waals surface area contributed by atoms with Crippen molar-refractivity contribution in [2.24, 2.45) is 0 Å². The van der Waals surface area contributed by atoms with Crippen molar-refractivity contribution in [3.05, 3.63) is 71.9 Å². The van der Waals surface area contributed by atoms with Gasteiger partial charge >= 0.3 is 6.09 Å². The molecule has 0 unspecified atom stereocenters. The Kier molecular flexibility index (Phi) is 6.80. The molecule has 0 aliphatic carbocycles. The van der Waals surface area contributed by atoms with Gasteiger partial charge in [-0.3, -0.25) is 9.47 Å². The minimum atomic E-state index is -0.556. The van der Waals surface area contributed by atoms with Crippen LogP contribution in [-0.4, -0.2) is 57.4 Å². The second-order valence-corrected chi connectivity index (χ2v) is 11.6. The van der Waals surface area contributed by atoms with E-state index in [1.165, 1.54) is 5.56 Å². The van der Waals surface area contributed by atoms with Crippen molar-refractivity contribution >= 4 is 50.2 Å². The molecule has 0 saturated carbocycles. The third kappa shape index (κ3) is 5.66. The van der Waals surface area contributed by atoms with Crippen molar-refractivity contribution in [3.8, 4) is 11.1 Å². The van der Waals surface area contributed by atoms with Gasteiger partial charge in [-0.1, -0.05) is 18.2 Å². The van der Waals surface area contributed by atoms with Crippen LogP contribution in [0.2, 0.25) is 0 Å². The number of nitrogens with one attached hydrogen (secondary N) is 1. The zero-order valence-corrected chi connectivity index (χ0v) is 23.1. The molecule has 1 aliphatic rings. The number of anilines is 2. The second kappa shape index (κ2) is 10.4. The maximum Gasteiger partial charge on any atom is 0.418 e. The summed E-state index contributed by atoms with van der Waals surface area (Å²) >= 11 is 1.62. The highest BCUT2D eigenvalue weighted by Crippen LogP contribution is 2.35. The molecular formula is C30H31N5O3S. The summed E-state index contributed by atoms with van der Waals surface area (Å²) in [5.74, 6) is 0.556. The Hall–Kier alpha value is -3.79. The summed E-state index contributed by atoms with van der Waals surface area (Å²) in [7, 11) is 0. The summed E-state index contributed by atoms with van der Waals surface area (Å²) in [6.07, 6.45) is 3.23. The molecule has 9 heteroatoms. The molecule has 0 atom stereocenters. The Bertz CT molecular complexity index is 1630. The fourth-order valence-corrected chi connectivity index (χ4v) is 5.59. The molecule has 0 amide bonds. The van der Waals surface area contributed by atoms with E-state index in [1.54, 1.807) is 22.1 Å². The van der Waals surface area contributed by atoms with Gasteiger partial charge < -0.3 is 14.8 Å². The monoisotopic (exact) mass is 541 g/mol. The van der Waals surface area contributed by atoms with Crippen LogP contribution in [-0.2, 0) is 16.0 Å². The van der Waals surface area contributed by atoms with Gasteiger partial charge in [0.15, 0.2) is 0 Å². The minimum absolute atomic E-state index is 0.385. The van der Waals surface area contributed by atoms with Crippen molar-refractivity contribution in [3.63, 3.8) is 0 Å². The Morgan fingerprint density at radius 2 is 1.90 bits per heavy atom. The smallest absolute Gasteiger partial charge is 0.418 e. The third-order valence-corrected chi connectivity index (χ3v) is 7.53. The Balaban J connectivity index is 1.22. The van der Waals surface area contributed by atoms with Crippen LogP contribution in [0.3, 0.4) is 0 Å². The standard InChI is InChI=1S/C30H31N5O3S/c1-30(2,3)38-29(36)35-11-10-22-16-21(6-9-25(22)35)24-19-39-26-17-31-28(33-27(24)26)32-23-7-4-20(5-8-23)18-34-12-14-37-15-13-34/h4-11,16-17,19H,12-15,18H2,1-3H3,(H,31,32,33). The normalized spacial score (nSPS) is 14.6. The molecule has 2 aromatic carbocycles. The second-order valence-electron chi connectivity index (χ2n) is 10.7. The highest BCUT2D eigenvalue weighted by molar-refractivity contribution is 7.17. The number of aromatic nitrogens is 3. The van der Waals surface area contributed by atoms with Crippen LogP contribution >= 0.6 is 11.3 Å². The summed E-state index contributed by atoms with van der Waals surface area (Å²) in [4.78, 5) is 24.4. The van der Waals surface area contributed by atoms with Gasteiger partial charge in [-0.05, 0) is 62.2 Å². The fraction of sp³-hybridized carbons (Fsp3) is 0.300. The van der Waals surface area contributed by atoms with Crippen molar-refractivity contribution in [1.29, 1.82) is 0 Å². The lowest BCUT2D eigenvalue weighted by molar-refractivity contribution is 0.0342. The highest BCUT2D eigenvalue weighted by atomic mass is 32.1. The van der Waals surface area contributed by atoms with E-state index in [1.807, 2.05) is 45.2 Å². The first-order chi connectivity index (χ1) is 18.8. The van der Waals surface area contributed by atoms with Crippen LogP contribution in [0.15, 0.2) is 66.3 Å². The third-order valence-electron chi connectivity index (χ3n) is 6.63. The lowest BCUT2D eigenvalue weighted by Gasteiger charge is -2.26. The lowest BCUT2D eigenvalue weighted by atomic mass is 10.1. The highest BCUT2D eigenvalue weighted by Gasteiger charge is 2.19. The molecule has 1 aliphatic heterocycles. The van der Waals surface area contributed by atoms with Gasteiger partial charge in [-0.2, -0.15) is 0 Å². The number of carbonyl (C=O) groups excluding carboxylic acids is 1. The van der Waals surface area contributed by atoms with E-state index in [-0.39, 0.29) is 6.09 Å². The number of rotatable bonds is 5. The van der Waals surface area contributed by atoms with Gasteiger partial charge in [0, 0.05) is 47.8 Å². The molecule has 1 N–H and O–H groups in total. The molecule has 0 spiro atoms. The molecule has 0 radical (unpaired) electrons. The molecule has 4 heterocycles. The van der Waals surface area contributed by atoms with Gasteiger partial charge in [0.05, 0.1) is 35.1 Å². The Morgan fingerprint density at radius 1 is 1.10 bits per heavy atom. The van der Waals surface area contributed by atoms with E-state index in [2.05, 4.69) is 50.9 Å². The van der Waals surface area contributed by atoms with Crippen LogP contribution in [0.25, 0.3) is 32.2 Å². The predicted octanol–water partition coefficient (Wildman–Crippen LogP) is 6.67. The first kappa shape index (κ1) is 25.5. The summed E-state index contributed by atoms with van der Waals surface area (Å²) < 4.78 is 13.6. The topological polar surface area (TPSA) is 81.5 Å². The van der Waals surface area contributed by atoms with Gasteiger partial charge in [-0.25, -0.2) is 14.8 Å². The van der Waals surface area contributed by atoms with E-state index < -0.39 is 5.60 Å². The van der Waals surface area contributed by atoms with Crippen molar-refractivity contribution < 1.29 is 14.3 Å². The van der Waals surface area contributed by atoms with Crippen molar-refractivity contribution in [1.82, 2.24) is 19.4 Å². The predicted molar refractivity (Wildman–Crippen MR) is 156 cm³/mol. The quantitative estimate of drug-likeness (QED) is 0.266. The number of ether oxygens (including phenoxy) is 2. The van der Waals surface area contributed by atoms with Crippen LogP contribution in [0.1, 0.15) is 26.3 Å². The van der Waals surface area contributed by atoms with Crippen LogP contribution in [0.5, 0.6) is 0 Å². The number of hydrogen-bond donors (Lipinski definition) is 1. The molecule has 39 heavy (non-hydrogen) atoms. The summed E-state index contributed by atoms with van der Waals surface area (Å²) in [5.41, 5.74) is 5.44. The number of fused-ring (bicyclic) bond motifs is 2. The van der Waals surface area contributed by atoms with Gasteiger partial charge in [0.1, 0.15) is 5.60 Å². The minimum Gasteiger partial charge on any atom is -0.443 e. The average Bonchev–Trinajstić information content (AvgIpc) is 3.53. The molecule has 1 fully saturated rings. The lowest BCUT2D eigenvalue weighted by Crippen LogP contribution is -2.35. The number of benzene rings is 2. The first-order valence-electron chi connectivity index (χ1n) is 13.1. The largest absolute Gasteiger partial charge is 0.443 e. The Labute approximate surface area is 231 Å². The van der Waals surface area contributed by atoms with Crippen LogP contribution in [0, 0.1) is 0 Å². The zero-order valence-electron chi connectivity index (χ0n) is 22.3. The molecule has 200 valence electrons. The molecule has 3 aromatic heterocycles. The number of morpholine rings is 1. The summed E-state index contributed by atoms with van der Waals surface area (Å²) in [5, 5.41) is 6.42. The average molecular weight is 542 g/mol. The van der Waals surface area contributed by atoms with Crippen molar-refractivity contribution in [2.75, 3.05) is 31.6 Å². The van der Waals surface area contributed by atoms with Gasteiger partial charge in [-0.15, -0.1) is 11.3 Å². The van der Waals surface area contributed by atoms with Crippen LogP contribution < -0.4 is 5.32 Å².